The van der Waals surface area contributed by atoms with Crippen LogP contribution in [0.3, 0.4) is 0 Å². The van der Waals surface area contributed by atoms with Crippen molar-refractivity contribution in [2.24, 2.45) is 11.8 Å². The first kappa shape index (κ1) is 35.7. The highest BCUT2D eigenvalue weighted by Crippen LogP contribution is 2.40. The highest BCUT2D eigenvalue weighted by atomic mass is 16.7. The minimum atomic E-state index is -1.27. The lowest BCUT2D eigenvalue weighted by molar-refractivity contribution is -0.168. The molecule has 2 fully saturated rings. The zero-order valence-corrected chi connectivity index (χ0v) is 28.1. The number of carboxylic acids is 1. The summed E-state index contributed by atoms with van der Waals surface area (Å²) in [6, 6.07) is 12.5. The van der Waals surface area contributed by atoms with E-state index in [0.717, 1.165) is 6.54 Å². The summed E-state index contributed by atoms with van der Waals surface area (Å²) < 4.78 is 21.2. The van der Waals surface area contributed by atoms with Crippen molar-refractivity contribution in [1.82, 2.24) is 15.6 Å². The molecule has 2 aromatic carbocycles. The SMILES string of the molecule is C=Cc1cc(C(=O)Nc2ccc(C(=N)NC(=O)OC(C)OC(=O)C(C)C)cc2)c(-c2ccc(C3OC3NCC3CC3)nc2C(=O)O)cc1OC. The van der Waals surface area contributed by atoms with Gasteiger partial charge < -0.3 is 29.4 Å². The van der Waals surface area contributed by atoms with Crippen molar-refractivity contribution in [2.45, 2.75) is 52.2 Å². The van der Waals surface area contributed by atoms with Crippen LogP contribution in [0, 0.1) is 17.2 Å². The maximum absolute atomic E-state index is 13.8. The minimum absolute atomic E-state index is 0.137. The van der Waals surface area contributed by atoms with Crippen molar-refractivity contribution in [2.75, 3.05) is 19.0 Å². The number of aromatic nitrogens is 1. The molecular weight excluding hydrogens is 646 g/mol. The largest absolute Gasteiger partial charge is 0.496 e. The molecule has 1 aliphatic heterocycles. The molecule has 1 aromatic heterocycles. The van der Waals surface area contributed by atoms with Gasteiger partial charge in [0.05, 0.1) is 18.7 Å². The van der Waals surface area contributed by atoms with E-state index in [-0.39, 0.29) is 40.6 Å². The Balaban J connectivity index is 1.32. The molecule has 5 rings (SSSR count). The highest BCUT2D eigenvalue weighted by Gasteiger charge is 2.42. The predicted molar refractivity (Wildman–Crippen MR) is 183 cm³/mol. The first-order valence-electron chi connectivity index (χ1n) is 16.0. The van der Waals surface area contributed by atoms with Gasteiger partial charge in [-0.05, 0) is 67.3 Å². The van der Waals surface area contributed by atoms with Crippen LogP contribution in [-0.2, 0) is 19.0 Å². The van der Waals surface area contributed by atoms with Gasteiger partial charge in [-0.25, -0.2) is 14.6 Å². The van der Waals surface area contributed by atoms with Gasteiger partial charge in [0.1, 0.15) is 23.9 Å². The zero-order valence-electron chi connectivity index (χ0n) is 28.1. The Hall–Kier alpha value is -5.60. The van der Waals surface area contributed by atoms with Crippen LogP contribution < -0.4 is 20.7 Å². The van der Waals surface area contributed by atoms with Crippen LogP contribution in [0.1, 0.15) is 77.4 Å². The molecule has 262 valence electrons. The maximum Gasteiger partial charge on any atom is 0.415 e. The Morgan fingerprint density at radius 2 is 1.78 bits per heavy atom. The Morgan fingerprint density at radius 3 is 2.40 bits per heavy atom. The number of pyridine rings is 1. The van der Waals surface area contributed by atoms with Gasteiger partial charge in [-0.1, -0.05) is 26.5 Å². The van der Waals surface area contributed by atoms with Crippen molar-refractivity contribution >= 4 is 41.5 Å². The molecule has 1 aliphatic carbocycles. The number of benzene rings is 2. The molecule has 14 nitrogen and oxygen atoms in total. The number of hydrogen-bond donors (Lipinski definition) is 5. The molecule has 0 bridgehead atoms. The summed E-state index contributed by atoms with van der Waals surface area (Å²) >= 11 is 0. The van der Waals surface area contributed by atoms with E-state index in [2.05, 4.69) is 27.5 Å². The van der Waals surface area contributed by atoms with Gasteiger partial charge in [-0.15, -0.1) is 0 Å². The number of alkyl carbamates (subject to hydrolysis) is 1. The smallest absolute Gasteiger partial charge is 0.415 e. The van der Waals surface area contributed by atoms with Gasteiger partial charge in [0.2, 0.25) is 6.29 Å². The molecule has 2 heterocycles. The molecule has 3 aromatic rings. The summed E-state index contributed by atoms with van der Waals surface area (Å²) in [7, 11) is 1.46. The fourth-order valence-corrected chi connectivity index (χ4v) is 5.05. The number of ether oxygens (including phenoxy) is 4. The van der Waals surface area contributed by atoms with Crippen molar-refractivity contribution < 1.29 is 43.2 Å². The number of rotatable bonds is 14. The highest BCUT2D eigenvalue weighted by molar-refractivity contribution is 6.11. The Bertz CT molecular complexity index is 1820. The lowest BCUT2D eigenvalue weighted by Gasteiger charge is -2.17. The van der Waals surface area contributed by atoms with Gasteiger partial charge >= 0.3 is 18.0 Å². The van der Waals surface area contributed by atoms with Crippen LogP contribution in [-0.4, -0.2) is 66.0 Å². The molecule has 2 amide bonds. The van der Waals surface area contributed by atoms with Gasteiger partial charge in [0, 0.05) is 47.0 Å². The molecule has 2 aliphatic rings. The van der Waals surface area contributed by atoms with Crippen LogP contribution in [0.15, 0.2) is 55.1 Å². The van der Waals surface area contributed by atoms with E-state index in [9.17, 15) is 24.3 Å². The van der Waals surface area contributed by atoms with Crippen molar-refractivity contribution in [3.63, 3.8) is 0 Å². The topological polar surface area (TPSA) is 202 Å². The number of methoxy groups -OCH3 is 1. The normalized spacial score (nSPS) is 16.9. The molecule has 50 heavy (non-hydrogen) atoms. The fraction of sp³-hybridized carbons (Fsp3) is 0.333. The Kier molecular flexibility index (Phi) is 10.9. The van der Waals surface area contributed by atoms with E-state index in [1.54, 1.807) is 38.1 Å². The van der Waals surface area contributed by atoms with Crippen LogP contribution in [0.2, 0.25) is 0 Å². The number of carbonyl (C=O) groups is 4. The molecular formula is C36H39N5O9. The number of anilines is 1. The molecule has 0 radical (unpaired) electrons. The number of nitrogens with one attached hydrogen (secondary N) is 4. The summed E-state index contributed by atoms with van der Waals surface area (Å²) in [6.07, 6.45) is 1.16. The van der Waals surface area contributed by atoms with Crippen molar-refractivity contribution in [3.8, 4) is 16.9 Å². The second kappa shape index (κ2) is 15.3. The first-order chi connectivity index (χ1) is 23.9. The van der Waals surface area contributed by atoms with E-state index < -0.39 is 36.1 Å². The van der Waals surface area contributed by atoms with Crippen molar-refractivity contribution in [1.29, 1.82) is 5.41 Å². The summed E-state index contributed by atoms with van der Waals surface area (Å²) in [6.45, 7) is 9.32. The first-order valence-corrected chi connectivity index (χ1v) is 16.0. The monoisotopic (exact) mass is 685 g/mol. The molecule has 3 atom stereocenters. The molecule has 14 heteroatoms. The van der Waals surface area contributed by atoms with Crippen LogP contribution >= 0.6 is 0 Å². The van der Waals surface area contributed by atoms with Crippen molar-refractivity contribution in [3.05, 3.63) is 83.2 Å². The van der Waals surface area contributed by atoms with Gasteiger partial charge in [-0.3, -0.25) is 25.6 Å². The number of nitrogens with zero attached hydrogens (tertiary/aromatic N) is 1. The Morgan fingerprint density at radius 1 is 1.06 bits per heavy atom. The van der Waals surface area contributed by atoms with E-state index >= 15 is 0 Å². The molecule has 3 unspecified atom stereocenters. The van der Waals surface area contributed by atoms with E-state index in [1.165, 1.54) is 57.2 Å². The summed E-state index contributed by atoms with van der Waals surface area (Å²) in [4.78, 5) is 54.6. The quantitative estimate of drug-likeness (QED) is 0.0482. The number of epoxide rings is 1. The standard InChI is InChI=1S/C36H39N5O9/c1-6-21-15-26(32(42)39-23-11-9-22(10-12-23)31(37)41-36(46)49-19(4)48-35(45)18(2)3)25(16-28(21)47-5)24-13-14-27(40-29(24)34(43)44)30-33(50-30)38-17-20-7-8-20/h6,9-16,18-20,30,33,38H,1,7-8,17H2,2-5H3,(H,39,42)(H,43,44)(H2,37,41,46). The number of hydrogen-bond acceptors (Lipinski definition) is 11. The molecule has 1 saturated heterocycles. The van der Waals surface area contributed by atoms with Gasteiger partial charge in [-0.2, -0.15) is 0 Å². The number of amides is 2. The third-order valence-electron chi connectivity index (χ3n) is 8.02. The zero-order chi connectivity index (χ0) is 36.1. The average molecular weight is 686 g/mol. The Labute approximate surface area is 288 Å². The summed E-state index contributed by atoms with van der Waals surface area (Å²) in [5.74, 6) is -2.03. The van der Waals surface area contributed by atoms with E-state index in [4.69, 9.17) is 24.4 Å². The number of esters is 1. The second-order valence-electron chi connectivity index (χ2n) is 12.2. The summed E-state index contributed by atoms with van der Waals surface area (Å²) in [5.41, 5.74) is 2.00. The van der Waals surface area contributed by atoms with Crippen LogP contribution in [0.25, 0.3) is 17.2 Å². The third-order valence-corrected chi connectivity index (χ3v) is 8.02. The minimum Gasteiger partial charge on any atom is -0.496 e. The molecule has 1 saturated carbocycles. The number of carbonyl (C=O) groups excluding carboxylic acids is 3. The maximum atomic E-state index is 13.8. The lowest BCUT2D eigenvalue weighted by atomic mass is 9.94. The predicted octanol–water partition coefficient (Wildman–Crippen LogP) is 5.34. The third kappa shape index (κ3) is 8.70. The van der Waals surface area contributed by atoms with Gasteiger partial charge in [0.15, 0.2) is 5.69 Å². The summed E-state index contributed by atoms with van der Waals surface area (Å²) in [5, 5.41) is 26.8. The number of amidine groups is 1. The van der Waals surface area contributed by atoms with E-state index in [1.807, 2.05) is 0 Å². The molecule has 5 N–H and O–H groups in total. The lowest BCUT2D eigenvalue weighted by Crippen LogP contribution is -2.35. The fourth-order valence-electron chi connectivity index (χ4n) is 5.05. The second-order valence-corrected chi connectivity index (χ2v) is 12.2. The van der Waals surface area contributed by atoms with Crippen LogP contribution in [0.4, 0.5) is 10.5 Å². The molecule has 0 spiro atoms. The number of aromatic carboxylic acids is 1. The van der Waals surface area contributed by atoms with Gasteiger partial charge in [0.25, 0.3) is 5.91 Å². The average Bonchev–Trinajstić information content (AvgIpc) is 4.02. The number of carboxylic acid groups (broad SMARTS) is 1. The van der Waals surface area contributed by atoms with E-state index in [0.29, 0.717) is 34.2 Å². The van der Waals surface area contributed by atoms with Crippen LogP contribution in [0.5, 0.6) is 5.75 Å².